The molecule has 5 heterocycles. The Balaban J connectivity index is 0.000000351. The molecule has 180 valence electrons. The molecule has 3 aliphatic heterocycles. The van der Waals surface area contributed by atoms with Gasteiger partial charge >= 0.3 is 0 Å². The Morgan fingerprint density at radius 3 is 2.74 bits per heavy atom. The van der Waals surface area contributed by atoms with E-state index in [-0.39, 0.29) is 5.91 Å². The normalized spacial score (nSPS) is 21.2. The largest absolute Gasteiger partial charge is 0.381 e. The number of anilines is 2. The van der Waals surface area contributed by atoms with Crippen molar-refractivity contribution in [2.75, 3.05) is 31.2 Å². The molecule has 0 spiro atoms. The molecule has 0 saturated carbocycles. The van der Waals surface area contributed by atoms with E-state index in [1.54, 1.807) is 6.92 Å². The van der Waals surface area contributed by atoms with Crippen LogP contribution in [0.25, 0.3) is 11.1 Å². The first kappa shape index (κ1) is 22.7. The molecule has 0 bridgehead atoms. The Morgan fingerprint density at radius 1 is 1.24 bits per heavy atom. The first-order chi connectivity index (χ1) is 16.4. The van der Waals surface area contributed by atoms with Crippen LogP contribution in [0.5, 0.6) is 0 Å². The smallest absolute Gasteiger partial charge is 0.219 e. The van der Waals surface area contributed by atoms with E-state index in [1.807, 2.05) is 29.0 Å². The van der Waals surface area contributed by atoms with E-state index in [9.17, 15) is 4.79 Å². The number of nitrogens with zero attached hydrogens (tertiary/aromatic N) is 5. The summed E-state index contributed by atoms with van der Waals surface area (Å²) < 4.78 is 6.89. The van der Waals surface area contributed by atoms with E-state index in [1.165, 1.54) is 23.2 Å². The fourth-order valence-electron chi connectivity index (χ4n) is 5.04. The highest BCUT2D eigenvalue weighted by Crippen LogP contribution is 2.43. The van der Waals surface area contributed by atoms with Crippen molar-refractivity contribution in [1.29, 1.82) is 0 Å². The zero-order valence-electron chi connectivity index (χ0n) is 20.5. The maximum absolute atomic E-state index is 11.9. The van der Waals surface area contributed by atoms with Gasteiger partial charge in [-0.25, -0.2) is 0 Å². The molecule has 2 aromatic heterocycles. The minimum Gasteiger partial charge on any atom is -0.381 e. The van der Waals surface area contributed by atoms with Gasteiger partial charge in [0, 0.05) is 81.3 Å². The van der Waals surface area contributed by atoms with Gasteiger partial charge in [-0.3, -0.25) is 14.6 Å². The van der Waals surface area contributed by atoms with Gasteiger partial charge in [0.2, 0.25) is 5.91 Å². The number of ether oxygens (including phenoxy) is 1. The van der Waals surface area contributed by atoms with Crippen LogP contribution < -0.4 is 4.90 Å². The number of hydrogen-bond donors (Lipinski definition) is 1. The summed E-state index contributed by atoms with van der Waals surface area (Å²) in [5.74, 6) is 2.31. The monoisotopic (exact) mass is 462 g/mol. The lowest BCUT2D eigenvalue weighted by Gasteiger charge is -2.27. The summed E-state index contributed by atoms with van der Waals surface area (Å²) in [6.45, 7) is 10.4. The highest BCUT2D eigenvalue weighted by atomic mass is 16.5. The Labute approximate surface area is 200 Å². The summed E-state index contributed by atoms with van der Waals surface area (Å²) in [5.41, 5.74) is 7.16. The summed E-state index contributed by atoms with van der Waals surface area (Å²) in [6, 6.07) is 6.62. The lowest BCUT2D eigenvalue weighted by molar-refractivity contribution is -0.129. The fraction of sp³-hybridized carbons (Fsp3) is 0.500. The molecule has 34 heavy (non-hydrogen) atoms. The van der Waals surface area contributed by atoms with Crippen molar-refractivity contribution in [3.05, 3.63) is 47.4 Å². The Morgan fingerprint density at radius 2 is 2.09 bits per heavy atom. The first-order valence-electron chi connectivity index (χ1n) is 12.2. The second-order valence-corrected chi connectivity index (χ2v) is 9.85. The number of amides is 1. The molecule has 1 fully saturated rings. The number of aromatic amines is 1. The second-order valence-electron chi connectivity index (χ2n) is 9.85. The van der Waals surface area contributed by atoms with Crippen LogP contribution in [0.15, 0.2) is 30.6 Å². The lowest BCUT2D eigenvalue weighted by atomic mass is 9.99. The molecule has 0 unspecified atom stereocenters. The van der Waals surface area contributed by atoms with E-state index in [0.717, 1.165) is 61.3 Å². The van der Waals surface area contributed by atoms with Crippen molar-refractivity contribution in [2.24, 2.45) is 13.0 Å². The van der Waals surface area contributed by atoms with E-state index < -0.39 is 0 Å². The van der Waals surface area contributed by atoms with Crippen molar-refractivity contribution in [1.82, 2.24) is 24.9 Å². The molecule has 2 atom stereocenters. The molecule has 8 nitrogen and oxygen atoms in total. The SMILES string of the molecule is CC(=O)N1CCc2[nH]nc(N3C[C@H](C)c4cc(-c5cnn(C)c5)ccc43)c2C1.C[C@H]1CCOC1. The number of rotatable bonds is 2. The van der Waals surface area contributed by atoms with Crippen LogP contribution in [0.4, 0.5) is 11.5 Å². The summed E-state index contributed by atoms with van der Waals surface area (Å²) in [6.07, 6.45) is 6.04. The molecule has 1 aromatic carbocycles. The van der Waals surface area contributed by atoms with Gasteiger partial charge in [-0.2, -0.15) is 10.2 Å². The molecule has 1 amide bonds. The Kier molecular flexibility index (Phi) is 6.16. The number of benzene rings is 1. The molecule has 8 heteroatoms. The number of nitrogens with one attached hydrogen (secondary N) is 1. The van der Waals surface area contributed by atoms with Gasteiger partial charge in [-0.1, -0.05) is 19.9 Å². The van der Waals surface area contributed by atoms with Crippen LogP contribution in [-0.2, 0) is 29.5 Å². The second kappa shape index (κ2) is 9.25. The van der Waals surface area contributed by atoms with Gasteiger partial charge in [0.05, 0.1) is 12.7 Å². The number of carbonyl (C=O) groups is 1. The summed E-state index contributed by atoms with van der Waals surface area (Å²) in [5, 5.41) is 12.1. The number of hydrogen-bond acceptors (Lipinski definition) is 5. The number of carbonyl (C=O) groups excluding carboxylic acids is 1. The molecule has 3 aliphatic rings. The van der Waals surface area contributed by atoms with Crippen molar-refractivity contribution in [3.63, 3.8) is 0 Å². The average molecular weight is 463 g/mol. The van der Waals surface area contributed by atoms with Crippen molar-refractivity contribution < 1.29 is 9.53 Å². The van der Waals surface area contributed by atoms with Crippen LogP contribution in [-0.4, -0.2) is 57.1 Å². The number of fused-ring (bicyclic) bond motifs is 2. The van der Waals surface area contributed by atoms with Gasteiger partial charge in [-0.15, -0.1) is 0 Å². The molecule has 3 aromatic rings. The Bertz CT molecular complexity index is 1180. The number of H-pyrrole nitrogens is 1. The minimum absolute atomic E-state index is 0.120. The average Bonchev–Trinajstić information content (AvgIpc) is 3.61. The highest BCUT2D eigenvalue weighted by Gasteiger charge is 2.32. The molecular formula is C26H34N6O2. The van der Waals surface area contributed by atoms with Gasteiger partial charge in [0.15, 0.2) is 5.82 Å². The minimum atomic E-state index is 0.120. The zero-order chi connectivity index (χ0) is 23.8. The van der Waals surface area contributed by atoms with E-state index in [4.69, 9.17) is 4.74 Å². The van der Waals surface area contributed by atoms with Crippen molar-refractivity contribution >= 4 is 17.4 Å². The molecule has 0 radical (unpaired) electrons. The van der Waals surface area contributed by atoms with Gasteiger partial charge in [-0.05, 0) is 35.6 Å². The third-order valence-electron chi connectivity index (χ3n) is 7.11. The highest BCUT2D eigenvalue weighted by molar-refractivity contribution is 5.77. The predicted molar refractivity (Wildman–Crippen MR) is 132 cm³/mol. The summed E-state index contributed by atoms with van der Waals surface area (Å²) in [4.78, 5) is 16.1. The molecule has 6 rings (SSSR count). The van der Waals surface area contributed by atoms with Gasteiger partial charge in [0.25, 0.3) is 0 Å². The van der Waals surface area contributed by atoms with Crippen LogP contribution in [0.1, 0.15) is 49.9 Å². The lowest BCUT2D eigenvalue weighted by Crippen LogP contribution is -2.34. The van der Waals surface area contributed by atoms with Crippen LogP contribution >= 0.6 is 0 Å². The maximum Gasteiger partial charge on any atom is 0.219 e. The topological polar surface area (TPSA) is 79.3 Å². The Hall–Kier alpha value is -3.13. The van der Waals surface area contributed by atoms with E-state index >= 15 is 0 Å². The van der Waals surface area contributed by atoms with Gasteiger partial charge in [0.1, 0.15) is 0 Å². The summed E-state index contributed by atoms with van der Waals surface area (Å²) >= 11 is 0. The van der Waals surface area contributed by atoms with Crippen molar-refractivity contribution in [2.45, 2.75) is 46.1 Å². The molecular weight excluding hydrogens is 428 g/mol. The zero-order valence-corrected chi connectivity index (χ0v) is 20.5. The van der Waals surface area contributed by atoms with Crippen LogP contribution in [0, 0.1) is 5.92 Å². The van der Waals surface area contributed by atoms with Crippen LogP contribution in [0.2, 0.25) is 0 Å². The fourth-order valence-corrected chi connectivity index (χ4v) is 5.04. The number of aromatic nitrogens is 4. The summed E-state index contributed by atoms with van der Waals surface area (Å²) in [7, 11) is 1.94. The third-order valence-corrected chi connectivity index (χ3v) is 7.11. The van der Waals surface area contributed by atoms with E-state index in [0.29, 0.717) is 12.5 Å². The maximum atomic E-state index is 11.9. The molecule has 1 saturated heterocycles. The predicted octanol–water partition coefficient (Wildman–Crippen LogP) is 4.01. The molecule has 1 N–H and O–H groups in total. The molecule has 0 aliphatic carbocycles. The first-order valence-corrected chi connectivity index (χ1v) is 12.2. The number of aryl methyl sites for hydroxylation is 1. The van der Waals surface area contributed by atoms with Crippen molar-refractivity contribution in [3.8, 4) is 11.1 Å². The van der Waals surface area contributed by atoms with Gasteiger partial charge < -0.3 is 14.5 Å². The van der Waals surface area contributed by atoms with E-state index in [2.05, 4.69) is 52.2 Å². The standard InChI is InChI=1S/C21H24N6O.C5H10O/c1-13-10-27(21-18-12-26(14(2)28)7-6-19(18)23-24-21)20-5-4-15(8-17(13)20)16-9-22-25(3)11-16;1-5-2-3-6-4-5/h4-5,8-9,11,13H,6-7,10,12H2,1-3H3,(H,23,24);5H,2-4H2,1H3/t13-;5-/m00/s1. The quantitative estimate of drug-likeness (QED) is 0.622. The van der Waals surface area contributed by atoms with Crippen LogP contribution in [0.3, 0.4) is 0 Å². The third kappa shape index (κ3) is 4.34.